The molecule has 2 heterocycles. The first-order valence-corrected chi connectivity index (χ1v) is 7.18. The predicted molar refractivity (Wildman–Crippen MR) is 79.8 cm³/mol. The number of aryl methyl sites for hydroxylation is 2. The highest BCUT2D eigenvalue weighted by atomic mass is 16.4. The highest BCUT2D eigenvalue weighted by Gasteiger charge is 2.20. The molecule has 0 amide bonds. The maximum Gasteiger partial charge on any atom is 0.328 e. The van der Waals surface area contributed by atoms with Gasteiger partial charge in [0.2, 0.25) is 0 Å². The van der Waals surface area contributed by atoms with E-state index in [2.05, 4.69) is 16.9 Å². The van der Waals surface area contributed by atoms with E-state index in [4.69, 9.17) is 5.11 Å². The van der Waals surface area contributed by atoms with Crippen molar-refractivity contribution < 1.29 is 9.90 Å². The van der Waals surface area contributed by atoms with Gasteiger partial charge in [-0.2, -0.15) is 5.10 Å². The highest BCUT2D eigenvalue weighted by molar-refractivity contribution is 5.87. The monoisotopic (exact) mass is 277 g/mol. The third kappa shape index (κ3) is 3.21. The Morgan fingerprint density at radius 1 is 1.40 bits per heavy atom. The number of hydrogen-bond acceptors (Lipinski definition) is 3. The van der Waals surface area contributed by atoms with Crippen LogP contribution in [0, 0.1) is 12.8 Å². The van der Waals surface area contributed by atoms with Crippen LogP contribution in [0.15, 0.2) is 6.08 Å². The molecule has 1 atom stereocenters. The van der Waals surface area contributed by atoms with Crippen molar-refractivity contribution in [3.8, 4) is 0 Å². The second-order valence-electron chi connectivity index (χ2n) is 5.64. The lowest BCUT2D eigenvalue weighted by molar-refractivity contribution is -0.131. The molecule has 5 nitrogen and oxygen atoms in total. The number of carbonyl (C=O) groups is 1. The van der Waals surface area contributed by atoms with Crippen LogP contribution in [0.1, 0.15) is 37.4 Å². The van der Waals surface area contributed by atoms with Crippen molar-refractivity contribution in [2.45, 2.75) is 33.1 Å². The van der Waals surface area contributed by atoms with Gasteiger partial charge in [0.25, 0.3) is 0 Å². The fourth-order valence-electron chi connectivity index (χ4n) is 2.86. The minimum atomic E-state index is -0.927. The first-order valence-electron chi connectivity index (χ1n) is 7.18. The quantitative estimate of drug-likeness (QED) is 0.862. The summed E-state index contributed by atoms with van der Waals surface area (Å²) in [6, 6.07) is 0. The number of carboxylic acids is 1. The summed E-state index contributed by atoms with van der Waals surface area (Å²) in [5.74, 6) is 0.866. The Morgan fingerprint density at radius 3 is 2.85 bits per heavy atom. The smallest absolute Gasteiger partial charge is 0.328 e. The van der Waals surface area contributed by atoms with E-state index in [0.29, 0.717) is 0 Å². The van der Waals surface area contributed by atoms with Gasteiger partial charge in [0.15, 0.2) is 0 Å². The molecular weight excluding hydrogens is 254 g/mol. The van der Waals surface area contributed by atoms with E-state index in [9.17, 15) is 4.79 Å². The van der Waals surface area contributed by atoms with Gasteiger partial charge in [-0.15, -0.1) is 0 Å². The number of carboxylic acid groups (broad SMARTS) is 1. The first-order chi connectivity index (χ1) is 9.49. The molecule has 1 aromatic rings. The van der Waals surface area contributed by atoms with Crippen LogP contribution >= 0.6 is 0 Å². The van der Waals surface area contributed by atoms with Crippen LogP contribution in [0.25, 0.3) is 6.08 Å². The van der Waals surface area contributed by atoms with Crippen molar-refractivity contribution in [2.24, 2.45) is 13.0 Å². The Labute approximate surface area is 119 Å². The number of rotatable bonds is 3. The molecule has 1 saturated heterocycles. The van der Waals surface area contributed by atoms with Crippen molar-refractivity contribution in [3.05, 3.63) is 17.3 Å². The lowest BCUT2D eigenvalue weighted by Crippen LogP contribution is -2.27. The van der Waals surface area contributed by atoms with Crippen molar-refractivity contribution in [1.82, 2.24) is 9.78 Å². The third-order valence-corrected chi connectivity index (χ3v) is 3.95. The predicted octanol–water partition coefficient (Wildman–Crippen LogP) is 2.45. The highest BCUT2D eigenvalue weighted by Crippen LogP contribution is 2.28. The fourth-order valence-corrected chi connectivity index (χ4v) is 2.86. The lowest BCUT2D eigenvalue weighted by Gasteiger charge is -2.23. The van der Waals surface area contributed by atoms with Crippen molar-refractivity contribution in [3.63, 3.8) is 0 Å². The second-order valence-corrected chi connectivity index (χ2v) is 5.64. The molecule has 0 saturated carbocycles. The maximum absolute atomic E-state index is 10.7. The lowest BCUT2D eigenvalue weighted by atomic mass is 10.0. The van der Waals surface area contributed by atoms with Gasteiger partial charge in [-0.05, 0) is 38.2 Å². The van der Waals surface area contributed by atoms with Crippen LogP contribution in [0.2, 0.25) is 0 Å². The average Bonchev–Trinajstić information content (AvgIpc) is 2.53. The van der Waals surface area contributed by atoms with E-state index in [-0.39, 0.29) is 0 Å². The molecule has 0 aliphatic carbocycles. The zero-order valence-corrected chi connectivity index (χ0v) is 12.5. The van der Waals surface area contributed by atoms with Gasteiger partial charge in [-0.1, -0.05) is 6.92 Å². The Balaban J connectivity index is 2.32. The maximum atomic E-state index is 10.7. The van der Waals surface area contributed by atoms with E-state index in [1.54, 1.807) is 6.08 Å². The van der Waals surface area contributed by atoms with Gasteiger partial charge < -0.3 is 10.0 Å². The molecular formula is C15H23N3O2. The van der Waals surface area contributed by atoms with E-state index in [1.165, 1.54) is 25.3 Å². The SMILES string of the molecule is Cc1nn(C)c(N2CCCC(C)CC2)c1C=CC(=O)O. The molecule has 1 aliphatic rings. The van der Waals surface area contributed by atoms with E-state index >= 15 is 0 Å². The van der Waals surface area contributed by atoms with E-state index < -0.39 is 5.97 Å². The van der Waals surface area contributed by atoms with Gasteiger partial charge in [0.05, 0.1) is 5.69 Å². The number of nitrogens with zero attached hydrogens (tertiary/aromatic N) is 3. The van der Waals surface area contributed by atoms with Crippen LogP contribution in [0.3, 0.4) is 0 Å². The fraction of sp³-hybridized carbons (Fsp3) is 0.600. The van der Waals surface area contributed by atoms with Crippen molar-refractivity contribution in [2.75, 3.05) is 18.0 Å². The topological polar surface area (TPSA) is 58.4 Å². The Hall–Kier alpha value is -1.78. The zero-order valence-electron chi connectivity index (χ0n) is 12.5. The van der Waals surface area contributed by atoms with Crippen LogP contribution < -0.4 is 4.90 Å². The molecule has 1 aromatic heterocycles. The third-order valence-electron chi connectivity index (χ3n) is 3.95. The van der Waals surface area contributed by atoms with Gasteiger partial charge in [0, 0.05) is 31.8 Å². The van der Waals surface area contributed by atoms with Gasteiger partial charge in [0.1, 0.15) is 5.82 Å². The molecule has 0 aromatic carbocycles. The van der Waals surface area contributed by atoms with Crippen molar-refractivity contribution >= 4 is 17.9 Å². The minimum absolute atomic E-state index is 0.757. The summed E-state index contributed by atoms with van der Waals surface area (Å²) in [5, 5.41) is 13.3. The number of hydrogen-bond donors (Lipinski definition) is 1. The summed E-state index contributed by atoms with van der Waals surface area (Å²) in [5.41, 5.74) is 1.79. The molecule has 20 heavy (non-hydrogen) atoms. The van der Waals surface area contributed by atoms with E-state index in [1.807, 2.05) is 18.7 Å². The summed E-state index contributed by atoms with van der Waals surface area (Å²) in [4.78, 5) is 13.1. The van der Waals surface area contributed by atoms with Crippen LogP contribution in [0.5, 0.6) is 0 Å². The molecule has 1 fully saturated rings. The van der Waals surface area contributed by atoms with Crippen LogP contribution in [0.4, 0.5) is 5.82 Å². The van der Waals surface area contributed by atoms with Gasteiger partial charge >= 0.3 is 5.97 Å². The molecule has 5 heteroatoms. The minimum Gasteiger partial charge on any atom is -0.478 e. The molecule has 0 spiro atoms. The van der Waals surface area contributed by atoms with Gasteiger partial charge in [-0.3, -0.25) is 4.68 Å². The van der Waals surface area contributed by atoms with E-state index in [0.717, 1.165) is 36.1 Å². The summed E-state index contributed by atoms with van der Waals surface area (Å²) < 4.78 is 1.87. The summed E-state index contributed by atoms with van der Waals surface area (Å²) in [6.45, 7) is 6.24. The number of aromatic nitrogens is 2. The Morgan fingerprint density at radius 2 is 2.15 bits per heavy atom. The normalized spacial score (nSPS) is 20.4. The molecule has 110 valence electrons. The molecule has 1 aliphatic heterocycles. The number of anilines is 1. The molecule has 1 N–H and O–H groups in total. The van der Waals surface area contributed by atoms with Crippen LogP contribution in [-0.4, -0.2) is 33.9 Å². The standard InChI is InChI=1S/C15H23N3O2/c1-11-5-4-9-18(10-8-11)15-13(6-7-14(19)20)12(2)16-17(15)3/h6-7,11H,4-5,8-10H2,1-3H3,(H,19,20). The molecule has 0 radical (unpaired) electrons. The molecule has 1 unspecified atom stereocenters. The Kier molecular flexibility index (Phi) is 4.47. The first kappa shape index (κ1) is 14.6. The number of aliphatic carboxylic acids is 1. The van der Waals surface area contributed by atoms with Gasteiger partial charge in [-0.25, -0.2) is 4.79 Å². The molecule has 0 bridgehead atoms. The molecule has 2 rings (SSSR count). The average molecular weight is 277 g/mol. The summed E-state index contributed by atoms with van der Waals surface area (Å²) in [6.07, 6.45) is 6.45. The summed E-state index contributed by atoms with van der Waals surface area (Å²) in [7, 11) is 1.93. The van der Waals surface area contributed by atoms with Crippen LogP contribution in [-0.2, 0) is 11.8 Å². The zero-order chi connectivity index (χ0) is 14.7. The second kappa shape index (κ2) is 6.11. The largest absolute Gasteiger partial charge is 0.478 e. The summed E-state index contributed by atoms with van der Waals surface area (Å²) >= 11 is 0. The van der Waals surface area contributed by atoms with Crippen molar-refractivity contribution in [1.29, 1.82) is 0 Å². The Bertz CT molecular complexity index is 519.